The molecule has 0 radical (unpaired) electrons. The number of carbonyl (C=O) groups excluding carboxylic acids is 1. The van der Waals surface area contributed by atoms with Gasteiger partial charge in [-0.3, -0.25) is 4.79 Å². The summed E-state index contributed by atoms with van der Waals surface area (Å²) in [5, 5.41) is 2.87. The minimum atomic E-state index is -3.43. The summed E-state index contributed by atoms with van der Waals surface area (Å²) >= 11 is 0. The molecule has 4 rings (SSSR count). The first-order valence-electron chi connectivity index (χ1n) is 10.1. The number of methoxy groups -OCH3 is 1. The third-order valence-corrected chi connectivity index (χ3v) is 6.79. The summed E-state index contributed by atoms with van der Waals surface area (Å²) in [5.41, 5.74) is 4.04. The van der Waals surface area contributed by atoms with Crippen molar-refractivity contribution in [2.24, 2.45) is 0 Å². The Morgan fingerprint density at radius 1 is 1.03 bits per heavy atom. The number of nitrogens with one attached hydrogen (secondary N) is 1. The molecule has 1 aromatic heterocycles. The van der Waals surface area contributed by atoms with Crippen LogP contribution in [-0.4, -0.2) is 43.3 Å². The van der Waals surface area contributed by atoms with Crippen LogP contribution in [0, 0.1) is 0 Å². The second-order valence-corrected chi connectivity index (χ2v) is 9.46. The van der Waals surface area contributed by atoms with E-state index in [1.807, 2.05) is 48.5 Å². The first-order valence-corrected chi connectivity index (χ1v) is 11.7. The molecular weight excluding hydrogens is 426 g/mol. The maximum atomic E-state index is 12.7. The van der Waals surface area contributed by atoms with Crippen molar-refractivity contribution in [3.63, 3.8) is 0 Å². The minimum absolute atomic E-state index is 0.103. The normalized spacial score (nSPS) is 11.5. The van der Waals surface area contributed by atoms with E-state index >= 15 is 0 Å². The Kier molecular flexibility index (Phi) is 6.34. The van der Waals surface area contributed by atoms with Crippen molar-refractivity contribution in [2.75, 3.05) is 24.8 Å². The zero-order valence-corrected chi connectivity index (χ0v) is 18.4. The maximum Gasteiger partial charge on any atom is 0.255 e. The minimum Gasteiger partial charge on any atom is -0.384 e. The molecule has 7 nitrogen and oxygen atoms in total. The van der Waals surface area contributed by atoms with Gasteiger partial charge in [-0.05, 0) is 54.1 Å². The van der Waals surface area contributed by atoms with Crippen LogP contribution in [0.1, 0.15) is 15.9 Å². The van der Waals surface area contributed by atoms with Crippen LogP contribution >= 0.6 is 0 Å². The van der Waals surface area contributed by atoms with Gasteiger partial charge in [0.25, 0.3) is 5.91 Å². The van der Waals surface area contributed by atoms with Crippen LogP contribution in [-0.2, 0) is 21.1 Å². The third kappa shape index (κ3) is 4.87. The first-order chi connectivity index (χ1) is 15.5. The highest BCUT2D eigenvalue weighted by Crippen LogP contribution is 2.18. The van der Waals surface area contributed by atoms with Gasteiger partial charge in [0.1, 0.15) is 0 Å². The number of imidazole rings is 1. The van der Waals surface area contributed by atoms with Crippen molar-refractivity contribution in [1.82, 2.24) is 9.55 Å². The fraction of sp³-hybridized carbons (Fsp3) is 0.167. The zero-order valence-electron chi connectivity index (χ0n) is 17.6. The van der Waals surface area contributed by atoms with Crippen LogP contribution in [0.2, 0.25) is 0 Å². The summed E-state index contributed by atoms with van der Waals surface area (Å²) < 4.78 is 31.3. The molecule has 164 valence electrons. The van der Waals surface area contributed by atoms with Gasteiger partial charge in [-0.2, -0.15) is 0 Å². The third-order valence-electron chi connectivity index (χ3n) is 5.10. The fourth-order valence-electron chi connectivity index (χ4n) is 3.41. The first kappa shape index (κ1) is 21.7. The van der Waals surface area contributed by atoms with Gasteiger partial charge in [-0.15, -0.1) is 0 Å². The number of rotatable bonds is 8. The smallest absolute Gasteiger partial charge is 0.255 e. The van der Waals surface area contributed by atoms with E-state index in [1.54, 1.807) is 6.33 Å². The number of benzene rings is 3. The predicted octanol–water partition coefficient (Wildman–Crippen LogP) is 3.76. The highest BCUT2D eigenvalue weighted by Gasteiger charge is 2.15. The lowest BCUT2D eigenvalue weighted by Gasteiger charge is -2.10. The Morgan fingerprint density at radius 3 is 2.59 bits per heavy atom. The molecule has 0 fully saturated rings. The van der Waals surface area contributed by atoms with Crippen molar-refractivity contribution in [1.29, 1.82) is 0 Å². The Labute approximate surface area is 186 Å². The number of amides is 1. The highest BCUT2D eigenvalue weighted by atomic mass is 32.2. The molecule has 1 heterocycles. The number of para-hydroxylation sites is 2. The van der Waals surface area contributed by atoms with E-state index in [2.05, 4.69) is 14.9 Å². The number of aromatic nitrogens is 2. The molecule has 0 saturated carbocycles. The zero-order chi connectivity index (χ0) is 22.6. The molecule has 1 amide bonds. The fourth-order valence-corrected chi connectivity index (χ4v) is 4.58. The van der Waals surface area contributed by atoms with E-state index in [-0.39, 0.29) is 23.2 Å². The lowest BCUT2D eigenvalue weighted by atomic mass is 10.1. The van der Waals surface area contributed by atoms with Gasteiger partial charge < -0.3 is 14.6 Å². The number of ether oxygens (including phenoxy) is 1. The van der Waals surface area contributed by atoms with Gasteiger partial charge >= 0.3 is 0 Å². The molecule has 0 unspecified atom stereocenters. The average molecular weight is 450 g/mol. The summed E-state index contributed by atoms with van der Waals surface area (Å²) in [6.07, 6.45) is 1.80. The molecule has 0 spiro atoms. The predicted molar refractivity (Wildman–Crippen MR) is 124 cm³/mol. The van der Waals surface area contributed by atoms with Gasteiger partial charge in [0, 0.05) is 24.9 Å². The molecular formula is C24H23N3O4S. The largest absolute Gasteiger partial charge is 0.384 e. The monoisotopic (exact) mass is 449 g/mol. The van der Waals surface area contributed by atoms with Crippen LogP contribution in [0.15, 0.2) is 84.0 Å². The van der Waals surface area contributed by atoms with Crippen LogP contribution < -0.4 is 5.32 Å². The SMILES string of the molecule is COCCS(=O)(=O)c1ccc(C(=O)Nc2cccc(Cn3cnc4ccccc43)c2)cc1. The average Bonchev–Trinajstić information content (AvgIpc) is 3.21. The van der Waals surface area contributed by atoms with E-state index < -0.39 is 9.84 Å². The molecule has 0 bridgehead atoms. The molecule has 3 aromatic carbocycles. The van der Waals surface area contributed by atoms with Crippen molar-refractivity contribution in [3.05, 3.63) is 90.3 Å². The molecule has 0 aliphatic heterocycles. The van der Waals surface area contributed by atoms with E-state index in [9.17, 15) is 13.2 Å². The number of anilines is 1. The topological polar surface area (TPSA) is 90.3 Å². The number of carbonyl (C=O) groups is 1. The van der Waals surface area contributed by atoms with Crippen LogP contribution in [0.5, 0.6) is 0 Å². The molecule has 1 N–H and O–H groups in total. The molecule has 0 atom stereocenters. The van der Waals surface area contributed by atoms with E-state index in [4.69, 9.17) is 4.74 Å². The quantitative estimate of drug-likeness (QED) is 0.442. The van der Waals surface area contributed by atoms with E-state index in [0.717, 1.165) is 16.6 Å². The molecule has 32 heavy (non-hydrogen) atoms. The standard InChI is InChI=1S/C24H23N3O4S/c1-31-13-14-32(29,30)21-11-9-19(10-12-21)24(28)26-20-6-4-5-18(15-20)16-27-17-25-22-7-2-3-8-23(22)27/h2-12,15,17H,13-14,16H2,1H3,(H,26,28). The van der Waals surface area contributed by atoms with Crippen molar-refractivity contribution < 1.29 is 17.9 Å². The molecule has 0 aliphatic carbocycles. The maximum absolute atomic E-state index is 12.7. The van der Waals surface area contributed by atoms with Gasteiger partial charge in [0.15, 0.2) is 9.84 Å². The Balaban J connectivity index is 1.46. The second kappa shape index (κ2) is 9.33. The summed E-state index contributed by atoms with van der Waals surface area (Å²) in [7, 11) is -1.98. The summed E-state index contributed by atoms with van der Waals surface area (Å²) in [6.45, 7) is 0.744. The van der Waals surface area contributed by atoms with E-state index in [0.29, 0.717) is 17.8 Å². The second-order valence-electron chi connectivity index (χ2n) is 7.35. The molecule has 4 aromatic rings. The summed E-state index contributed by atoms with van der Waals surface area (Å²) in [5.74, 6) is -0.412. The van der Waals surface area contributed by atoms with Gasteiger partial charge in [0.05, 0.1) is 34.6 Å². The highest BCUT2D eigenvalue weighted by molar-refractivity contribution is 7.91. The molecule has 8 heteroatoms. The van der Waals surface area contributed by atoms with Crippen LogP contribution in [0.4, 0.5) is 5.69 Å². The Hall–Kier alpha value is -3.49. The Bertz CT molecular complexity index is 1350. The van der Waals surface area contributed by atoms with Crippen molar-refractivity contribution in [2.45, 2.75) is 11.4 Å². The van der Waals surface area contributed by atoms with E-state index in [1.165, 1.54) is 31.4 Å². The summed E-state index contributed by atoms with van der Waals surface area (Å²) in [4.78, 5) is 17.2. The van der Waals surface area contributed by atoms with Crippen LogP contribution in [0.3, 0.4) is 0 Å². The van der Waals surface area contributed by atoms with Gasteiger partial charge in [-0.1, -0.05) is 24.3 Å². The van der Waals surface area contributed by atoms with Gasteiger partial charge in [0.2, 0.25) is 0 Å². The molecule has 0 saturated heterocycles. The molecule has 0 aliphatic rings. The van der Waals surface area contributed by atoms with Gasteiger partial charge in [-0.25, -0.2) is 13.4 Å². The summed E-state index contributed by atoms with van der Waals surface area (Å²) in [6, 6.07) is 21.4. The van der Waals surface area contributed by atoms with Crippen LogP contribution in [0.25, 0.3) is 11.0 Å². The lowest BCUT2D eigenvalue weighted by Crippen LogP contribution is -2.14. The number of sulfone groups is 1. The Morgan fingerprint density at radius 2 is 1.81 bits per heavy atom. The number of hydrogen-bond acceptors (Lipinski definition) is 5. The lowest BCUT2D eigenvalue weighted by molar-refractivity contribution is 0.102. The van der Waals surface area contributed by atoms with Crippen molar-refractivity contribution >= 4 is 32.5 Å². The number of fused-ring (bicyclic) bond motifs is 1. The van der Waals surface area contributed by atoms with Crippen molar-refractivity contribution in [3.8, 4) is 0 Å². The number of nitrogens with zero attached hydrogens (tertiary/aromatic N) is 2. The number of hydrogen-bond donors (Lipinski definition) is 1.